The van der Waals surface area contributed by atoms with Crippen LogP contribution >= 0.6 is 11.6 Å². The largest absolute Gasteiger partial charge is 0.291 e. The highest BCUT2D eigenvalue weighted by Gasteiger charge is 2.17. The highest BCUT2D eigenvalue weighted by Crippen LogP contribution is 2.20. The molecule has 0 radical (unpaired) electrons. The Balaban J connectivity index is 2.01. The lowest BCUT2D eigenvalue weighted by Gasteiger charge is -2.12. The van der Waals surface area contributed by atoms with Crippen LogP contribution in [0.1, 0.15) is 0 Å². The topological polar surface area (TPSA) is 65.6 Å². The quantitative estimate of drug-likeness (QED) is 0.409. The Morgan fingerprint density at radius 3 is 2.58 bits per heavy atom. The van der Waals surface area contributed by atoms with Crippen LogP contribution < -0.4 is 5.56 Å². The SMILES string of the molecule is O=c1c2cnn(-c3ccccc3)c2nc(-c2ccc(F)nc2)n1CCCl. The molecule has 0 amide bonds. The molecule has 0 bridgehead atoms. The van der Waals surface area contributed by atoms with Crippen molar-refractivity contribution in [3.63, 3.8) is 0 Å². The first-order valence-electron chi connectivity index (χ1n) is 7.91. The van der Waals surface area contributed by atoms with Gasteiger partial charge in [-0.05, 0) is 24.3 Å². The molecule has 3 heterocycles. The summed E-state index contributed by atoms with van der Waals surface area (Å²) in [4.78, 5) is 21.2. The third-order valence-corrected chi connectivity index (χ3v) is 4.15. The molecule has 26 heavy (non-hydrogen) atoms. The van der Waals surface area contributed by atoms with Crippen LogP contribution in [0.25, 0.3) is 28.1 Å². The minimum absolute atomic E-state index is 0.238. The molecule has 4 aromatic rings. The number of alkyl halides is 1. The molecular formula is C18H13ClFN5O. The first kappa shape index (κ1) is 16.4. The average Bonchev–Trinajstić information content (AvgIpc) is 3.10. The van der Waals surface area contributed by atoms with E-state index in [-0.39, 0.29) is 18.0 Å². The number of benzene rings is 1. The van der Waals surface area contributed by atoms with Gasteiger partial charge in [-0.15, -0.1) is 11.6 Å². The molecule has 1 aromatic carbocycles. The summed E-state index contributed by atoms with van der Waals surface area (Å²) in [6.07, 6.45) is 2.84. The lowest BCUT2D eigenvalue weighted by molar-refractivity contribution is 0.584. The van der Waals surface area contributed by atoms with Crippen LogP contribution in [-0.2, 0) is 6.54 Å². The summed E-state index contributed by atoms with van der Waals surface area (Å²) >= 11 is 5.86. The Labute approximate surface area is 152 Å². The average molecular weight is 370 g/mol. The summed E-state index contributed by atoms with van der Waals surface area (Å²) in [5.41, 5.74) is 1.48. The standard InChI is InChI=1S/C18H13ClFN5O/c19-8-9-24-16(12-6-7-15(20)21-10-12)23-17-14(18(24)26)11-22-25(17)13-4-2-1-3-5-13/h1-7,10-11H,8-9H2. The summed E-state index contributed by atoms with van der Waals surface area (Å²) < 4.78 is 16.2. The molecule has 0 aliphatic heterocycles. The lowest BCUT2D eigenvalue weighted by Crippen LogP contribution is -2.24. The second kappa shape index (κ2) is 6.68. The molecule has 0 N–H and O–H groups in total. The van der Waals surface area contributed by atoms with Crippen LogP contribution in [0.3, 0.4) is 0 Å². The molecule has 0 unspecified atom stereocenters. The van der Waals surface area contributed by atoms with Gasteiger partial charge in [0.15, 0.2) is 5.65 Å². The summed E-state index contributed by atoms with van der Waals surface area (Å²) in [5, 5.41) is 4.70. The van der Waals surface area contributed by atoms with E-state index >= 15 is 0 Å². The highest BCUT2D eigenvalue weighted by atomic mass is 35.5. The predicted octanol–water partition coefficient (Wildman–Crippen LogP) is 3.02. The molecule has 0 saturated heterocycles. The van der Waals surface area contributed by atoms with E-state index in [1.807, 2.05) is 30.3 Å². The first-order valence-corrected chi connectivity index (χ1v) is 8.44. The van der Waals surface area contributed by atoms with Crippen molar-refractivity contribution in [3.8, 4) is 17.1 Å². The Morgan fingerprint density at radius 1 is 1.08 bits per heavy atom. The molecule has 3 aromatic heterocycles. The highest BCUT2D eigenvalue weighted by molar-refractivity contribution is 6.17. The Morgan fingerprint density at radius 2 is 1.88 bits per heavy atom. The summed E-state index contributed by atoms with van der Waals surface area (Å²) in [5.74, 6) is 0.00498. The van der Waals surface area contributed by atoms with Crippen LogP contribution in [0.2, 0.25) is 0 Å². The van der Waals surface area contributed by atoms with E-state index in [1.165, 1.54) is 29.1 Å². The fourth-order valence-electron chi connectivity index (χ4n) is 2.78. The fraction of sp³-hybridized carbons (Fsp3) is 0.111. The van der Waals surface area contributed by atoms with Gasteiger partial charge in [-0.25, -0.2) is 14.6 Å². The normalized spacial score (nSPS) is 11.2. The summed E-state index contributed by atoms with van der Waals surface area (Å²) in [7, 11) is 0. The van der Waals surface area contributed by atoms with Crippen LogP contribution in [0.4, 0.5) is 4.39 Å². The van der Waals surface area contributed by atoms with Gasteiger partial charge in [-0.1, -0.05) is 18.2 Å². The maximum absolute atomic E-state index is 13.2. The number of nitrogens with zero attached hydrogens (tertiary/aromatic N) is 5. The van der Waals surface area contributed by atoms with Gasteiger partial charge in [0, 0.05) is 24.2 Å². The van der Waals surface area contributed by atoms with E-state index < -0.39 is 5.95 Å². The molecular weight excluding hydrogens is 357 g/mol. The van der Waals surface area contributed by atoms with Gasteiger partial charge in [0.05, 0.1) is 11.9 Å². The second-order valence-electron chi connectivity index (χ2n) is 5.58. The van der Waals surface area contributed by atoms with Crippen LogP contribution in [-0.4, -0.2) is 30.2 Å². The number of aromatic nitrogens is 5. The summed E-state index contributed by atoms with van der Waals surface area (Å²) in [6, 6.07) is 12.2. The molecule has 0 atom stereocenters. The molecule has 8 heteroatoms. The Bertz CT molecular complexity index is 1120. The zero-order valence-corrected chi connectivity index (χ0v) is 14.3. The predicted molar refractivity (Wildman–Crippen MR) is 97.0 cm³/mol. The number of rotatable bonds is 4. The van der Waals surface area contributed by atoms with E-state index in [0.717, 1.165) is 5.69 Å². The van der Waals surface area contributed by atoms with Gasteiger partial charge in [0.2, 0.25) is 5.95 Å². The minimum atomic E-state index is -0.601. The molecule has 0 spiro atoms. The van der Waals surface area contributed by atoms with E-state index in [4.69, 9.17) is 11.6 Å². The third-order valence-electron chi connectivity index (χ3n) is 3.98. The number of halogens is 2. The van der Waals surface area contributed by atoms with Gasteiger partial charge in [0.1, 0.15) is 11.2 Å². The molecule has 0 aliphatic rings. The Hall–Kier alpha value is -3.06. The van der Waals surface area contributed by atoms with Gasteiger partial charge in [-0.2, -0.15) is 9.49 Å². The van der Waals surface area contributed by atoms with Crippen molar-refractivity contribution >= 4 is 22.6 Å². The maximum Gasteiger partial charge on any atom is 0.264 e. The number of fused-ring (bicyclic) bond motifs is 1. The van der Waals surface area contributed by atoms with Crippen molar-refractivity contribution in [2.45, 2.75) is 6.54 Å². The van der Waals surface area contributed by atoms with Crippen LogP contribution in [0.5, 0.6) is 0 Å². The number of pyridine rings is 1. The number of hydrogen-bond acceptors (Lipinski definition) is 4. The molecule has 6 nitrogen and oxygen atoms in total. The molecule has 130 valence electrons. The zero-order chi connectivity index (χ0) is 18.1. The molecule has 0 saturated carbocycles. The van der Waals surface area contributed by atoms with E-state index in [1.54, 1.807) is 4.68 Å². The molecule has 0 fully saturated rings. The van der Waals surface area contributed by atoms with Crippen LogP contribution in [0, 0.1) is 5.95 Å². The van der Waals surface area contributed by atoms with Crippen molar-refractivity contribution in [2.24, 2.45) is 0 Å². The first-order chi connectivity index (χ1) is 12.7. The number of hydrogen-bond donors (Lipinski definition) is 0. The van der Waals surface area contributed by atoms with Gasteiger partial charge >= 0.3 is 0 Å². The second-order valence-corrected chi connectivity index (χ2v) is 5.96. The van der Waals surface area contributed by atoms with E-state index in [9.17, 15) is 9.18 Å². The van der Waals surface area contributed by atoms with E-state index in [0.29, 0.717) is 22.4 Å². The maximum atomic E-state index is 13.2. The Kier molecular flexibility index (Phi) is 4.22. The van der Waals surface area contributed by atoms with Crippen molar-refractivity contribution in [1.29, 1.82) is 0 Å². The monoisotopic (exact) mass is 369 g/mol. The smallest absolute Gasteiger partial charge is 0.264 e. The zero-order valence-electron chi connectivity index (χ0n) is 13.5. The van der Waals surface area contributed by atoms with Crippen molar-refractivity contribution in [2.75, 3.05) is 5.88 Å². The minimum Gasteiger partial charge on any atom is -0.291 e. The third kappa shape index (κ3) is 2.76. The molecule has 0 aliphatic carbocycles. The lowest BCUT2D eigenvalue weighted by atomic mass is 10.2. The van der Waals surface area contributed by atoms with Crippen molar-refractivity contribution in [3.05, 3.63) is 71.2 Å². The van der Waals surface area contributed by atoms with Gasteiger partial charge < -0.3 is 0 Å². The number of para-hydroxylation sites is 1. The summed E-state index contributed by atoms with van der Waals surface area (Å²) in [6.45, 7) is 0.270. The van der Waals surface area contributed by atoms with Gasteiger partial charge in [0.25, 0.3) is 5.56 Å². The van der Waals surface area contributed by atoms with Crippen LogP contribution in [0.15, 0.2) is 59.7 Å². The van der Waals surface area contributed by atoms with Crippen molar-refractivity contribution in [1.82, 2.24) is 24.3 Å². The van der Waals surface area contributed by atoms with E-state index in [2.05, 4.69) is 15.1 Å². The van der Waals surface area contributed by atoms with Gasteiger partial charge in [-0.3, -0.25) is 9.36 Å². The van der Waals surface area contributed by atoms with Crippen molar-refractivity contribution < 1.29 is 4.39 Å². The molecule has 4 rings (SSSR count). The fourth-order valence-corrected chi connectivity index (χ4v) is 2.95.